The normalized spacial score (nSPS) is 10.3. The Morgan fingerprint density at radius 1 is 1.33 bits per heavy atom. The molecule has 0 aliphatic heterocycles. The summed E-state index contributed by atoms with van der Waals surface area (Å²) < 4.78 is 0. The standard InChI is InChI=1S/C10H13N5/c1-7-3-10(15-12-4-7)11-5-9-6-13-14-8(9)2/h3-4,6H,5H2,1-2H3,(H,11,15)(H,13,14). The van der Waals surface area contributed by atoms with Gasteiger partial charge in [0.25, 0.3) is 0 Å². The van der Waals surface area contributed by atoms with Gasteiger partial charge in [-0.25, -0.2) is 0 Å². The molecule has 0 saturated carbocycles. The summed E-state index contributed by atoms with van der Waals surface area (Å²) >= 11 is 0. The smallest absolute Gasteiger partial charge is 0.149 e. The Hall–Kier alpha value is -1.91. The van der Waals surface area contributed by atoms with Gasteiger partial charge in [0, 0.05) is 17.8 Å². The largest absolute Gasteiger partial charge is 0.364 e. The van der Waals surface area contributed by atoms with E-state index in [1.165, 1.54) is 0 Å². The first kappa shape index (κ1) is 9.64. The average molecular weight is 203 g/mol. The quantitative estimate of drug-likeness (QED) is 0.791. The van der Waals surface area contributed by atoms with Gasteiger partial charge in [0.05, 0.1) is 12.4 Å². The van der Waals surface area contributed by atoms with E-state index in [2.05, 4.69) is 25.7 Å². The third kappa shape index (κ3) is 2.31. The minimum absolute atomic E-state index is 0.709. The predicted molar refractivity (Wildman–Crippen MR) is 57.4 cm³/mol. The molecule has 0 fully saturated rings. The van der Waals surface area contributed by atoms with Crippen LogP contribution in [-0.2, 0) is 6.54 Å². The van der Waals surface area contributed by atoms with Crippen LogP contribution >= 0.6 is 0 Å². The molecule has 0 saturated heterocycles. The summed E-state index contributed by atoms with van der Waals surface area (Å²) in [5.74, 6) is 0.788. The number of aromatic nitrogens is 4. The summed E-state index contributed by atoms with van der Waals surface area (Å²) in [6, 6.07) is 1.96. The number of aryl methyl sites for hydroxylation is 2. The number of rotatable bonds is 3. The molecular formula is C10H13N5. The van der Waals surface area contributed by atoms with Crippen LogP contribution in [0.2, 0.25) is 0 Å². The van der Waals surface area contributed by atoms with Crippen molar-refractivity contribution in [1.29, 1.82) is 0 Å². The van der Waals surface area contributed by atoms with Crippen molar-refractivity contribution in [3.63, 3.8) is 0 Å². The highest BCUT2D eigenvalue weighted by atomic mass is 15.2. The van der Waals surface area contributed by atoms with E-state index in [-0.39, 0.29) is 0 Å². The van der Waals surface area contributed by atoms with Gasteiger partial charge in [0.2, 0.25) is 0 Å². The van der Waals surface area contributed by atoms with Crippen LogP contribution in [-0.4, -0.2) is 20.4 Å². The first-order valence-corrected chi connectivity index (χ1v) is 4.78. The first-order chi connectivity index (χ1) is 7.25. The maximum Gasteiger partial charge on any atom is 0.149 e. The number of nitrogens with zero attached hydrogens (tertiary/aromatic N) is 3. The zero-order valence-corrected chi connectivity index (χ0v) is 8.78. The van der Waals surface area contributed by atoms with Gasteiger partial charge < -0.3 is 5.32 Å². The molecule has 5 heteroatoms. The third-order valence-electron chi connectivity index (χ3n) is 2.19. The van der Waals surface area contributed by atoms with Gasteiger partial charge in [-0.15, -0.1) is 5.10 Å². The second-order valence-electron chi connectivity index (χ2n) is 3.49. The zero-order chi connectivity index (χ0) is 10.7. The molecule has 0 radical (unpaired) electrons. The van der Waals surface area contributed by atoms with Crippen molar-refractivity contribution < 1.29 is 0 Å². The van der Waals surface area contributed by atoms with Crippen molar-refractivity contribution in [2.24, 2.45) is 0 Å². The Labute approximate surface area is 87.9 Å². The van der Waals surface area contributed by atoms with E-state index in [0.717, 1.165) is 22.6 Å². The van der Waals surface area contributed by atoms with E-state index in [1.807, 2.05) is 26.1 Å². The van der Waals surface area contributed by atoms with E-state index in [4.69, 9.17) is 0 Å². The molecule has 2 aromatic rings. The molecule has 2 heterocycles. The molecule has 15 heavy (non-hydrogen) atoms. The number of nitrogens with one attached hydrogen (secondary N) is 2. The van der Waals surface area contributed by atoms with Gasteiger partial charge in [-0.3, -0.25) is 5.10 Å². The summed E-state index contributed by atoms with van der Waals surface area (Å²) in [5, 5.41) is 17.9. The summed E-state index contributed by atoms with van der Waals surface area (Å²) in [4.78, 5) is 0. The Morgan fingerprint density at radius 2 is 2.20 bits per heavy atom. The predicted octanol–water partition coefficient (Wildman–Crippen LogP) is 1.43. The molecule has 0 aliphatic carbocycles. The van der Waals surface area contributed by atoms with Crippen molar-refractivity contribution in [1.82, 2.24) is 20.4 Å². The van der Waals surface area contributed by atoms with Crippen LogP contribution in [0.1, 0.15) is 16.8 Å². The Balaban J connectivity index is 2.02. The van der Waals surface area contributed by atoms with Crippen LogP contribution in [0.5, 0.6) is 0 Å². The molecule has 78 valence electrons. The van der Waals surface area contributed by atoms with E-state index in [9.17, 15) is 0 Å². The van der Waals surface area contributed by atoms with Crippen molar-refractivity contribution in [2.75, 3.05) is 5.32 Å². The highest BCUT2D eigenvalue weighted by molar-refractivity contribution is 5.36. The molecule has 0 unspecified atom stereocenters. The molecule has 2 aromatic heterocycles. The fraction of sp³-hybridized carbons (Fsp3) is 0.300. The molecule has 2 rings (SSSR count). The summed E-state index contributed by atoms with van der Waals surface area (Å²) in [7, 11) is 0. The summed E-state index contributed by atoms with van der Waals surface area (Å²) in [6.07, 6.45) is 3.54. The van der Waals surface area contributed by atoms with E-state index in [0.29, 0.717) is 6.54 Å². The lowest BCUT2D eigenvalue weighted by Crippen LogP contribution is -2.02. The van der Waals surface area contributed by atoms with Gasteiger partial charge in [0.1, 0.15) is 5.82 Å². The minimum Gasteiger partial charge on any atom is -0.364 e. The van der Waals surface area contributed by atoms with Crippen LogP contribution in [0, 0.1) is 13.8 Å². The van der Waals surface area contributed by atoms with Crippen molar-refractivity contribution in [3.05, 3.63) is 35.3 Å². The molecule has 2 N–H and O–H groups in total. The Bertz CT molecular complexity index is 449. The molecule has 0 atom stereocenters. The van der Waals surface area contributed by atoms with Crippen molar-refractivity contribution in [2.45, 2.75) is 20.4 Å². The second-order valence-corrected chi connectivity index (χ2v) is 3.49. The Kier molecular flexibility index (Phi) is 2.62. The zero-order valence-electron chi connectivity index (χ0n) is 8.78. The van der Waals surface area contributed by atoms with E-state index < -0.39 is 0 Å². The van der Waals surface area contributed by atoms with Gasteiger partial charge in [-0.2, -0.15) is 10.2 Å². The Morgan fingerprint density at radius 3 is 2.87 bits per heavy atom. The number of H-pyrrole nitrogens is 1. The SMILES string of the molecule is Cc1cnnc(NCc2cn[nH]c2C)c1. The highest BCUT2D eigenvalue weighted by Crippen LogP contribution is 2.07. The fourth-order valence-corrected chi connectivity index (χ4v) is 1.29. The van der Waals surface area contributed by atoms with Crippen molar-refractivity contribution in [3.8, 4) is 0 Å². The number of aromatic amines is 1. The number of anilines is 1. The summed E-state index contributed by atoms with van der Waals surface area (Å²) in [5.41, 5.74) is 3.30. The minimum atomic E-state index is 0.709. The third-order valence-corrected chi connectivity index (χ3v) is 2.19. The van der Waals surface area contributed by atoms with Crippen LogP contribution < -0.4 is 5.32 Å². The average Bonchev–Trinajstić information content (AvgIpc) is 2.61. The molecule has 0 aliphatic rings. The van der Waals surface area contributed by atoms with Crippen LogP contribution in [0.15, 0.2) is 18.5 Å². The fourth-order valence-electron chi connectivity index (χ4n) is 1.29. The van der Waals surface area contributed by atoms with Crippen LogP contribution in [0.3, 0.4) is 0 Å². The number of hydrogen-bond donors (Lipinski definition) is 2. The first-order valence-electron chi connectivity index (χ1n) is 4.78. The van der Waals surface area contributed by atoms with Gasteiger partial charge >= 0.3 is 0 Å². The monoisotopic (exact) mass is 203 g/mol. The van der Waals surface area contributed by atoms with Crippen molar-refractivity contribution >= 4 is 5.82 Å². The number of hydrogen-bond acceptors (Lipinski definition) is 4. The molecular weight excluding hydrogens is 190 g/mol. The molecule has 5 nitrogen and oxygen atoms in total. The van der Waals surface area contributed by atoms with E-state index in [1.54, 1.807) is 6.20 Å². The molecule has 0 amide bonds. The van der Waals surface area contributed by atoms with Crippen LogP contribution in [0.25, 0.3) is 0 Å². The van der Waals surface area contributed by atoms with Crippen LogP contribution in [0.4, 0.5) is 5.82 Å². The maximum absolute atomic E-state index is 3.98. The van der Waals surface area contributed by atoms with E-state index >= 15 is 0 Å². The summed E-state index contributed by atoms with van der Waals surface area (Å²) in [6.45, 7) is 4.69. The maximum atomic E-state index is 3.98. The molecule has 0 aromatic carbocycles. The topological polar surface area (TPSA) is 66.5 Å². The molecule has 0 bridgehead atoms. The lowest BCUT2D eigenvalue weighted by atomic mass is 10.2. The molecule has 0 spiro atoms. The van der Waals surface area contributed by atoms with Gasteiger partial charge in [-0.1, -0.05) is 0 Å². The van der Waals surface area contributed by atoms with Gasteiger partial charge in [-0.05, 0) is 25.5 Å². The second kappa shape index (κ2) is 4.08. The highest BCUT2D eigenvalue weighted by Gasteiger charge is 2.00. The lowest BCUT2D eigenvalue weighted by molar-refractivity contribution is 0.983. The lowest BCUT2D eigenvalue weighted by Gasteiger charge is -2.03. The van der Waals surface area contributed by atoms with Gasteiger partial charge in [0.15, 0.2) is 0 Å².